The number of nitrogens with zero attached hydrogens (tertiary/aromatic N) is 3. The van der Waals surface area contributed by atoms with Gasteiger partial charge in [-0.2, -0.15) is 18.4 Å². The highest BCUT2D eigenvalue weighted by atomic mass is 19.4. The lowest BCUT2D eigenvalue weighted by Gasteiger charge is -2.32. The van der Waals surface area contributed by atoms with Gasteiger partial charge in [-0.1, -0.05) is 0 Å². The molecule has 2 heterocycles. The van der Waals surface area contributed by atoms with Gasteiger partial charge in [0.2, 0.25) is 5.91 Å². The molecule has 0 atom stereocenters. The summed E-state index contributed by atoms with van der Waals surface area (Å²) in [6, 6.07) is 5.82. The SMILES string of the molecule is N#Cc1cc(C(=O)CC(=O)Nc2cc(C(F)(F)F)c(N3CCOCC3)cc2NC(=O)O)ccn1. The molecule has 3 rings (SSSR count). The van der Waals surface area contributed by atoms with Gasteiger partial charge in [-0.3, -0.25) is 14.9 Å². The van der Waals surface area contributed by atoms with Crippen LogP contribution in [0.4, 0.5) is 35.0 Å². The third kappa shape index (κ3) is 5.99. The Hall–Kier alpha value is -4.18. The second kappa shape index (κ2) is 10.2. The van der Waals surface area contributed by atoms with Crippen molar-refractivity contribution in [2.75, 3.05) is 41.8 Å². The number of alkyl halides is 3. The van der Waals surface area contributed by atoms with Gasteiger partial charge in [-0.05, 0) is 24.3 Å². The molecule has 0 bridgehead atoms. The van der Waals surface area contributed by atoms with Gasteiger partial charge in [0, 0.05) is 24.8 Å². The summed E-state index contributed by atoms with van der Waals surface area (Å²) in [6.45, 7) is 0.711. The zero-order valence-corrected chi connectivity index (χ0v) is 17.5. The molecule has 0 aliphatic carbocycles. The molecule has 0 spiro atoms. The molecular formula is C21H18F3N5O5. The van der Waals surface area contributed by atoms with Crippen LogP contribution < -0.4 is 15.5 Å². The summed E-state index contributed by atoms with van der Waals surface area (Å²) in [7, 11) is 0. The van der Waals surface area contributed by atoms with Gasteiger partial charge < -0.3 is 20.1 Å². The maximum Gasteiger partial charge on any atom is 0.418 e. The van der Waals surface area contributed by atoms with E-state index in [0.717, 1.165) is 6.07 Å². The number of ketones is 1. The number of Topliss-reactive ketones (excluding diaryl/α,β-unsaturated/α-hetero) is 1. The highest BCUT2D eigenvalue weighted by Crippen LogP contribution is 2.42. The first-order valence-electron chi connectivity index (χ1n) is 9.85. The van der Waals surface area contributed by atoms with E-state index >= 15 is 0 Å². The Bertz CT molecular complexity index is 1160. The van der Waals surface area contributed by atoms with Gasteiger partial charge in [0.25, 0.3) is 0 Å². The zero-order chi connectivity index (χ0) is 24.9. The molecule has 3 N–H and O–H groups in total. The number of amides is 2. The van der Waals surface area contributed by atoms with Crippen molar-refractivity contribution in [2.24, 2.45) is 0 Å². The Labute approximate surface area is 190 Å². The van der Waals surface area contributed by atoms with Gasteiger partial charge in [0.1, 0.15) is 11.8 Å². The van der Waals surface area contributed by atoms with Crippen molar-refractivity contribution in [2.45, 2.75) is 12.6 Å². The Morgan fingerprint density at radius 1 is 1.15 bits per heavy atom. The Morgan fingerprint density at radius 2 is 1.82 bits per heavy atom. The lowest BCUT2D eigenvalue weighted by molar-refractivity contribution is -0.137. The van der Waals surface area contributed by atoms with Crippen molar-refractivity contribution in [1.29, 1.82) is 5.26 Å². The first-order valence-corrected chi connectivity index (χ1v) is 9.85. The van der Waals surface area contributed by atoms with Crippen LogP contribution in [0.25, 0.3) is 0 Å². The third-order valence-electron chi connectivity index (χ3n) is 4.83. The fourth-order valence-electron chi connectivity index (χ4n) is 3.31. The van der Waals surface area contributed by atoms with Crippen molar-refractivity contribution in [1.82, 2.24) is 4.98 Å². The predicted octanol–water partition coefficient (Wildman–Crippen LogP) is 3.11. The molecule has 1 aromatic carbocycles. The highest BCUT2D eigenvalue weighted by Gasteiger charge is 2.37. The minimum absolute atomic E-state index is 0.0178. The molecule has 10 nitrogen and oxygen atoms in total. The smallest absolute Gasteiger partial charge is 0.418 e. The van der Waals surface area contributed by atoms with Gasteiger partial charge in [0.15, 0.2) is 5.78 Å². The lowest BCUT2D eigenvalue weighted by Crippen LogP contribution is -2.37. The standard InChI is InChI=1S/C21H18F3N5O5/c22-21(23,24)14-8-15(16(28-20(32)33)9-17(14)29-3-5-34-6-4-29)27-19(31)10-18(30)12-1-2-26-13(7-12)11-25/h1-2,7-9,28H,3-6,10H2,(H,27,31)(H,32,33). The van der Waals surface area contributed by atoms with Gasteiger partial charge in [-0.25, -0.2) is 9.78 Å². The molecule has 178 valence electrons. The first-order chi connectivity index (χ1) is 16.1. The predicted molar refractivity (Wildman–Crippen MR) is 113 cm³/mol. The number of aromatic nitrogens is 1. The van der Waals surface area contributed by atoms with Crippen molar-refractivity contribution >= 4 is 34.8 Å². The fourth-order valence-corrected chi connectivity index (χ4v) is 3.31. The molecule has 1 aromatic heterocycles. The number of ether oxygens (including phenoxy) is 1. The summed E-state index contributed by atoms with van der Waals surface area (Å²) in [5.41, 5.74) is -2.14. The average Bonchev–Trinajstić information content (AvgIpc) is 2.79. The molecule has 34 heavy (non-hydrogen) atoms. The van der Waals surface area contributed by atoms with Crippen molar-refractivity contribution in [3.8, 4) is 6.07 Å². The minimum atomic E-state index is -4.81. The fraction of sp³-hybridized carbons (Fsp3) is 0.286. The normalized spacial score (nSPS) is 13.6. The monoisotopic (exact) mass is 477 g/mol. The number of rotatable bonds is 6. The molecule has 1 fully saturated rings. The quantitative estimate of drug-likeness (QED) is 0.425. The summed E-state index contributed by atoms with van der Waals surface area (Å²) in [5, 5.41) is 22.2. The van der Waals surface area contributed by atoms with Crippen LogP contribution in [0, 0.1) is 11.3 Å². The van der Waals surface area contributed by atoms with E-state index in [1.807, 2.05) is 5.32 Å². The summed E-state index contributed by atoms with van der Waals surface area (Å²) in [4.78, 5) is 41.1. The number of carbonyl (C=O) groups is 3. The molecule has 2 aromatic rings. The number of hydrogen-bond donors (Lipinski definition) is 3. The molecule has 2 amide bonds. The van der Waals surface area contributed by atoms with Crippen molar-refractivity contribution in [3.63, 3.8) is 0 Å². The largest absolute Gasteiger partial charge is 0.465 e. The molecule has 0 saturated carbocycles. The van der Waals surface area contributed by atoms with Gasteiger partial charge in [-0.15, -0.1) is 0 Å². The van der Waals surface area contributed by atoms with Crippen LogP contribution in [0.2, 0.25) is 0 Å². The number of pyridine rings is 1. The zero-order valence-electron chi connectivity index (χ0n) is 17.5. The Balaban J connectivity index is 1.92. The first kappa shape index (κ1) is 24.5. The third-order valence-corrected chi connectivity index (χ3v) is 4.83. The van der Waals surface area contributed by atoms with Crippen LogP contribution >= 0.6 is 0 Å². The second-order valence-corrected chi connectivity index (χ2v) is 7.13. The van der Waals surface area contributed by atoms with E-state index in [4.69, 9.17) is 15.1 Å². The van der Waals surface area contributed by atoms with Crippen LogP contribution in [0.5, 0.6) is 0 Å². The number of carbonyl (C=O) groups excluding carboxylic acids is 2. The summed E-state index contributed by atoms with van der Waals surface area (Å²) in [6.07, 6.45) is -5.91. The lowest BCUT2D eigenvalue weighted by atomic mass is 10.1. The Morgan fingerprint density at radius 3 is 2.44 bits per heavy atom. The number of hydrogen-bond acceptors (Lipinski definition) is 7. The van der Waals surface area contributed by atoms with Crippen molar-refractivity contribution < 1.29 is 37.4 Å². The van der Waals surface area contributed by atoms with E-state index in [1.54, 1.807) is 6.07 Å². The van der Waals surface area contributed by atoms with Gasteiger partial charge in [0.05, 0.1) is 42.3 Å². The molecule has 0 radical (unpaired) electrons. The summed E-state index contributed by atoms with van der Waals surface area (Å²) in [5.74, 6) is -1.67. The number of morpholine rings is 1. The molecule has 1 aliphatic heterocycles. The number of benzene rings is 1. The molecule has 13 heteroatoms. The maximum absolute atomic E-state index is 13.8. The average molecular weight is 477 g/mol. The van der Waals surface area contributed by atoms with Crippen LogP contribution in [0.3, 0.4) is 0 Å². The highest BCUT2D eigenvalue weighted by molar-refractivity contribution is 6.12. The van der Waals surface area contributed by atoms with E-state index < -0.39 is 41.6 Å². The van der Waals surface area contributed by atoms with Crippen molar-refractivity contribution in [3.05, 3.63) is 47.3 Å². The van der Waals surface area contributed by atoms with E-state index in [1.165, 1.54) is 23.2 Å². The van der Waals surface area contributed by atoms with Gasteiger partial charge >= 0.3 is 12.3 Å². The minimum Gasteiger partial charge on any atom is -0.465 e. The summed E-state index contributed by atoms with van der Waals surface area (Å²) >= 11 is 0. The molecule has 1 saturated heterocycles. The van der Waals surface area contributed by atoms with Crippen LogP contribution in [-0.4, -0.2) is 54.2 Å². The van der Waals surface area contributed by atoms with Crippen LogP contribution in [0.15, 0.2) is 30.5 Å². The van der Waals surface area contributed by atoms with E-state index in [-0.39, 0.29) is 48.9 Å². The number of nitriles is 1. The molecular weight excluding hydrogens is 459 g/mol. The number of halogens is 3. The topological polar surface area (TPSA) is 145 Å². The van der Waals surface area contributed by atoms with E-state index in [2.05, 4.69) is 10.3 Å². The number of nitrogens with one attached hydrogen (secondary N) is 2. The molecule has 1 aliphatic rings. The molecule has 0 unspecified atom stereocenters. The number of carboxylic acid groups (broad SMARTS) is 1. The van der Waals surface area contributed by atoms with Crippen LogP contribution in [0.1, 0.15) is 28.0 Å². The number of anilines is 3. The summed E-state index contributed by atoms with van der Waals surface area (Å²) < 4.78 is 46.6. The van der Waals surface area contributed by atoms with E-state index in [0.29, 0.717) is 6.07 Å². The van der Waals surface area contributed by atoms with E-state index in [9.17, 15) is 27.6 Å². The second-order valence-electron chi connectivity index (χ2n) is 7.13. The Kier molecular flexibility index (Phi) is 7.32. The van der Waals surface area contributed by atoms with Crippen LogP contribution in [-0.2, 0) is 15.7 Å². The maximum atomic E-state index is 13.8.